The van der Waals surface area contributed by atoms with Crippen LogP contribution in [0.4, 0.5) is 0 Å². The summed E-state index contributed by atoms with van der Waals surface area (Å²) in [7, 11) is 0. The maximum atomic E-state index is 11.7. The average molecular weight is 294 g/mol. The number of nitrogens with one attached hydrogen (secondary N) is 1. The van der Waals surface area contributed by atoms with Crippen LogP contribution in [0.1, 0.15) is 16.7 Å². The molecule has 0 aliphatic rings. The van der Waals surface area contributed by atoms with Gasteiger partial charge in [-0.3, -0.25) is 4.79 Å². The summed E-state index contributed by atoms with van der Waals surface area (Å²) in [5.41, 5.74) is 1.25. The fourth-order valence-electron chi connectivity index (χ4n) is 1.86. The first-order chi connectivity index (χ1) is 10.6. The Kier molecular flexibility index (Phi) is 4.78. The smallest absolute Gasteiger partial charge is 0.244 e. The second kappa shape index (κ2) is 6.95. The Morgan fingerprint density at radius 1 is 1.18 bits per heavy atom. The van der Waals surface area contributed by atoms with Gasteiger partial charge in [0.05, 0.1) is 0 Å². The molecule has 3 N–H and O–H groups in total. The summed E-state index contributed by atoms with van der Waals surface area (Å²) >= 11 is 0. The van der Waals surface area contributed by atoms with Crippen molar-refractivity contribution in [2.45, 2.75) is 6.54 Å². The molecule has 0 aromatic heterocycles. The fraction of sp³-hybridized carbons (Fsp3) is 0.0588. The fourth-order valence-corrected chi connectivity index (χ4v) is 1.86. The number of benzene rings is 2. The zero-order valence-corrected chi connectivity index (χ0v) is 11.7. The predicted molar refractivity (Wildman–Crippen MR) is 81.8 cm³/mol. The number of amides is 1. The lowest BCUT2D eigenvalue weighted by Crippen LogP contribution is -2.20. The summed E-state index contributed by atoms with van der Waals surface area (Å²) in [6.07, 6.45) is 2.69. The van der Waals surface area contributed by atoms with Crippen LogP contribution in [0.3, 0.4) is 0 Å². The van der Waals surface area contributed by atoms with Gasteiger partial charge in [0.2, 0.25) is 5.91 Å². The molecule has 5 heteroatoms. The quantitative estimate of drug-likeness (QED) is 0.596. The number of aromatic hydroxyl groups is 2. The lowest BCUT2D eigenvalue weighted by Gasteiger charge is -2.04. The highest BCUT2D eigenvalue weighted by atomic mass is 16.3. The predicted octanol–water partition coefficient (Wildman–Crippen LogP) is 2.30. The number of carbonyl (C=O) groups is 1. The van der Waals surface area contributed by atoms with Crippen LogP contribution in [0.15, 0.2) is 48.5 Å². The third-order valence-corrected chi connectivity index (χ3v) is 3.02. The molecule has 2 rings (SSSR count). The van der Waals surface area contributed by atoms with Gasteiger partial charge >= 0.3 is 0 Å². The lowest BCUT2D eigenvalue weighted by molar-refractivity contribution is -0.116. The van der Waals surface area contributed by atoms with Crippen LogP contribution in [-0.2, 0) is 11.3 Å². The van der Waals surface area contributed by atoms with E-state index in [9.17, 15) is 15.0 Å². The Bertz CT molecular complexity index is 746. The Hall–Kier alpha value is -3.26. The van der Waals surface area contributed by atoms with Crippen molar-refractivity contribution in [2.75, 3.05) is 0 Å². The third-order valence-electron chi connectivity index (χ3n) is 3.02. The van der Waals surface area contributed by atoms with Crippen molar-refractivity contribution >= 4 is 12.0 Å². The Balaban J connectivity index is 2.04. The van der Waals surface area contributed by atoms with Gasteiger partial charge in [-0.2, -0.15) is 5.26 Å². The van der Waals surface area contributed by atoms with Gasteiger partial charge < -0.3 is 15.5 Å². The third kappa shape index (κ3) is 3.64. The van der Waals surface area contributed by atoms with E-state index in [2.05, 4.69) is 5.32 Å². The lowest BCUT2D eigenvalue weighted by atomic mass is 10.1. The summed E-state index contributed by atoms with van der Waals surface area (Å²) in [5, 5.41) is 30.6. The van der Waals surface area contributed by atoms with E-state index in [1.807, 2.05) is 30.3 Å². The summed E-state index contributed by atoms with van der Waals surface area (Å²) in [4.78, 5) is 11.7. The van der Waals surface area contributed by atoms with E-state index in [4.69, 9.17) is 5.26 Å². The molecular formula is C17H14N2O3. The molecular weight excluding hydrogens is 280 g/mol. The van der Waals surface area contributed by atoms with E-state index in [0.717, 1.165) is 5.56 Å². The molecule has 0 spiro atoms. The molecule has 0 radical (unpaired) electrons. The number of phenols is 2. The van der Waals surface area contributed by atoms with Crippen molar-refractivity contribution in [3.63, 3.8) is 0 Å². The second-order valence-electron chi connectivity index (χ2n) is 4.55. The monoisotopic (exact) mass is 294 g/mol. The van der Waals surface area contributed by atoms with E-state index in [-0.39, 0.29) is 17.2 Å². The molecule has 0 fully saturated rings. The molecule has 2 aromatic carbocycles. The normalized spacial score (nSPS) is 10.3. The van der Waals surface area contributed by atoms with Crippen LogP contribution in [0.2, 0.25) is 0 Å². The Morgan fingerprint density at radius 3 is 2.59 bits per heavy atom. The highest BCUT2D eigenvalue weighted by Crippen LogP contribution is 2.31. The molecule has 0 atom stereocenters. The first kappa shape index (κ1) is 15.1. The minimum absolute atomic E-state index is 0.0768. The molecule has 0 heterocycles. The summed E-state index contributed by atoms with van der Waals surface area (Å²) < 4.78 is 0. The van der Waals surface area contributed by atoms with Gasteiger partial charge in [0.15, 0.2) is 11.5 Å². The summed E-state index contributed by atoms with van der Waals surface area (Å²) in [6, 6.07) is 14.0. The van der Waals surface area contributed by atoms with Crippen molar-refractivity contribution in [3.05, 3.63) is 65.2 Å². The first-order valence-corrected chi connectivity index (χ1v) is 6.56. The van der Waals surface area contributed by atoms with Crippen LogP contribution in [0, 0.1) is 11.3 Å². The molecule has 0 aliphatic carbocycles. The van der Waals surface area contributed by atoms with Crippen molar-refractivity contribution in [1.29, 1.82) is 5.26 Å². The molecule has 0 saturated heterocycles. The molecule has 22 heavy (non-hydrogen) atoms. The molecule has 1 amide bonds. The van der Waals surface area contributed by atoms with Crippen molar-refractivity contribution in [3.8, 4) is 17.6 Å². The van der Waals surface area contributed by atoms with Crippen LogP contribution in [0.25, 0.3) is 6.08 Å². The van der Waals surface area contributed by atoms with E-state index in [1.165, 1.54) is 24.3 Å². The largest absolute Gasteiger partial charge is 0.504 e. The highest BCUT2D eigenvalue weighted by Gasteiger charge is 2.10. The number of nitriles is 1. The Morgan fingerprint density at radius 2 is 1.91 bits per heavy atom. The number of carbonyl (C=O) groups excluding carboxylic acids is 1. The SMILES string of the molecule is N#Cc1c(C=CC(=O)NCc2ccccc2)ccc(O)c1O. The maximum Gasteiger partial charge on any atom is 0.244 e. The maximum absolute atomic E-state index is 11.7. The van der Waals surface area contributed by atoms with Gasteiger partial charge in [0.25, 0.3) is 0 Å². The van der Waals surface area contributed by atoms with Gasteiger partial charge in [-0.15, -0.1) is 0 Å². The van der Waals surface area contributed by atoms with E-state index in [0.29, 0.717) is 12.1 Å². The number of nitrogens with zero attached hydrogens (tertiary/aromatic N) is 1. The highest BCUT2D eigenvalue weighted by molar-refractivity contribution is 5.92. The van der Waals surface area contributed by atoms with Crippen LogP contribution in [-0.4, -0.2) is 16.1 Å². The standard InChI is InChI=1S/C17H14N2O3/c18-10-14-13(6-8-15(20)17(14)22)7-9-16(21)19-11-12-4-2-1-3-5-12/h1-9,20,22H,11H2,(H,19,21). The summed E-state index contributed by atoms with van der Waals surface area (Å²) in [5.74, 6) is -1.18. The van der Waals surface area contributed by atoms with Crippen molar-refractivity contribution in [1.82, 2.24) is 5.32 Å². The van der Waals surface area contributed by atoms with Crippen LogP contribution in [0.5, 0.6) is 11.5 Å². The Labute approximate surface area is 127 Å². The van der Waals surface area contributed by atoms with Gasteiger partial charge in [-0.1, -0.05) is 30.3 Å². The molecule has 0 aliphatic heterocycles. The molecule has 110 valence electrons. The number of phenolic OH excluding ortho intramolecular Hbond substituents is 2. The molecule has 0 saturated carbocycles. The molecule has 0 bridgehead atoms. The average Bonchev–Trinajstić information content (AvgIpc) is 2.55. The number of hydrogen-bond acceptors (Lipinski definition) is 4. The van der Waals surface area contributed by atoms with E-state index >= 15 is 0 Å². The van der Waals surface area contributed by atoms with Crippen LogP contribution >= 0.6 is 0 Å². The topological polar surface area (TPSA) is 93.4 Å². The first-order valence-electron chi connectivity index (χ1n) is 6.56. The molecule has 5 nitrogen and oxygen atoms in total. The van der Waals surface area contributed by atoms with Crippen LogP contribution < -0.4 is 5.32 Å². The number of rotatable bonds is 4. The zero-order valence-electron chi connectivity index (χ0n) is 11.7. The van der Waals surface area contributed by atoms with Gasteiger partial charge in [0, 0.05) is 12.6 Å². The summed E-state index contributed by atoms with van der Waals surface area (Å²) in [6.45, 7) is 0.399. The minimum Gasteiger partial charge on any atom is -0.504 e. The minimum atomic E-state index is -0.491. The van der Waals surface area contributed by atoms with Gasteiger partial charge in [0.1, 0.15) is 11.6 Å². The van der Waals surface area contributed by atoms with Gasteiger partial charge in [-0.05, 0) is 29.3 Å². The molecule has 0 unspecified atom stereocenters. The van der Waals surface area contributed by atoms with Crippen molar-refractivity contribution < 1.29 is 15.0 Å². The molecule has 2 aromatic rings. The van der Waals surface area contributed by atoms with E-state index in [1.54, 1.807) is 6.07 Å². The van der Waals surface area contributed by atoms with Crippen molar-refractivity contribution in [2.24, 2.45) is 0 Å². The van der Waals surface area contributed by atoms with E-state index < -0.39 is 5.75 Å². The number of hydrogen-bond donors (Lipinski definition) is 3. The second-order valence-corrected chi connectivity index (χ2v) is 4.55. The zero-order chi connectivity index (χ0) is 15.9. The van der Waals surface area contributed by atoms with Gasteiger partial charge in [-0.25, -0.2) is 0 Å².